The number of nitrogens with one attached hydrogen (secondary N) is 2. The minimum Gasteiger partial charge on any atom is -0.353 e. The fraction of sp³-hybridized carbons (Fsp3) is 0.632. The Hall–Kier alpha value is -1.06. The molecule has 3 rings (SSSR count). The third kappa shape index (κ3) is 4.95. The zero-order valence-electron chi connectivity index (χ0n) is 14.0. The van der Waals surface area contributed by atoms with Crippen molar-refractivity contribution in [3.05, 3.63) is 35.9 Å². The smallest absolute Gasteiger partial charge is 0.223 e. The number of hydrogen-bond acceptors (Lipinski definition) is 2. The second kappa shape index (κ2) is 8.70. The lowest BCUT2D eigenvalue weighted by atomic mass is 9.90. The number of carbonyl (C=O) groups is 1. The maximum Gasteiger partial charge on any atom is 0.223 e. The monoisotopic (exact) mass is 336 g/mol. The van der Waals surface area contributed by atoms with Gasteiger partial charge in [-0.25, -0.2) is 0 Å². The van der Waals surface area contributed by atoms with Crippen LogP contribution >= 0.6 is 12.4 Å². The Bertz CT molecular complexity index is 493. The van der Waals surface area contributed by atoms with Crippen LogP contribution in [0.3, 0.4) is 0 Å². The summed E-state index contributed by atoms with van der Waals surface area (Å²) in [4.78, 5) is 12.6. The van der Waals surface area contributed by atoms with Crippen LogP contribution in [0.1, 0.15) is 44.6 Å². The summed E-state index contributed by atoms with van der Waals surface area (Å²) in [6.07, 6.45) is 6.67. The van der Waals surface area contributed by atoms with Crippen molar-refractivity contribution in [3.8, 4) is 0 Å². The molecule has 1 saturated heterocycles. The Labute approximate surface area is 146 Å². The van der Waals surface area contributed by atoms with Crippen LogP contribution in [-0.4, -0.2) is 24.5 Å². The van der Waals surface area contributed by atoms with E-state index in [0.29, 0.717) is 23.9 Å². The van der Waals surface area contributed by atoms with E-state index in [1.165, 1.54) is 18.4 Å². The van der Waals surface area contributed by atoms with Crippen molar-refractivity contribution in [1.82, 2.24) is 10.6 Å². The second-order valence-corrected chi connectivity index (χ2v) is 7.07. The van der Waals surface area contributed by atoms with E-state index in [1.807, 2.05) is 0 Å². The van der Waals surface area contributed by atoms with Gasteiger partial charge in [0, 0.05) is 18.0 Å². The average Bonchev–Trinajstić information content (AvgIpc) is 2.95. The molecule has 4 heteroatoms. The van der Waals surface area contributed by atoms with Crippen LogP contribution in [0.5, 0.6) is 0 Å². The van der Waals surface area contributed by atoms with Gasteiger partial charge in [-0.05, 0) is 57.1 Å². The zero-order valence-corrected chi connectivity index (χ0v) is 14.8. The van der Waals surface area contributed by atoms with Crippen LogP contribution in [-0.2, 0) is 11.2 Å². The molecule has 0 bridgehead atoms. The molecule has 1 heterocycles. The van der Waals surface area contributed by atoms with Crippen molar-refractivity contribution >= 4 is 18.3 Å². The first-order chi connectivity index (χ1) is 10.7. The molecular formula is C19H29ClN2O. The number of amides is 1. The molecule has 1 aromatic carbocycles. The van der Waals surface area contributed by atoms with E-state index in [4.69, 9.17) is 0 Å². The molecule has 2 unspecified atom stereocenters. The standard InChI is InChI=1S/C19H28N2O.ClH/c1-14-12-17(10-11-20-14)19(22)21-18-9-5-8-16(18)13-15-6-3-2-4-7-15;/h2-4,6-7,14,16-18,20H,5,8-13H2,1H3,(H,21,22);1H/t14-,16?,17-,18?;/m0./s1. The molecule has 4 atom stereocenters. The van der Waals surface area contributed by atoms with E-state index in [2.05, 4.69) is 47.9 Å². The lowest BCUT2D eigenvalue weighted by Gasteiger charge is -2.29. The number of carbonyl (C=O) groups excluding carboxylic acids is 1. The van der Waals surface area contributed by atoms with E-state index < -0.39 is 0 Å². The first-order valence-electron chi connectivity index (χ1n) is 8.80. The lowest BCUT2D eigenvalue weighted by Crippen LogP contribution is -2.46. The number of halogens is 1. The summed E-state index contributed by atoms with van der Waals surface area (Å²) < 4.78 is 0. The molecule has 1 saturated carbocycles. The third-order valence-electron chi connectivity index (χ3n) is 5.32. The van der Waals surface area contributed by atoms with Gasteiger partial charge < -0.3 is 10.6 Å². The molecule has 128 valence electrons. The van der Waals surface area contributed by atoms with Crippen LogP contribution in [0.4, 0.5) is 0 Å². The molecule has 1 amide bonds. The van der Waals surface area contributed by atoms with Gasteiger partial charge in [0.25, 0.3) is 0 Å². The van der Waals surface area contributed by atoms with Crippen molar-refractivity contribution < 1.29 is 4.79 Å². The quantitative estimate of drug-likeness (QED) is 0.885. The maximum absolute atomic E-state index is 12.6. The summed E-state index contributed by atoms with van der Waals surface area (Å²) in [5, 5.41) is 6.79. The molecule has 1 aromatic rings. The van der Waals surface area contributed by atoms with Crippen molar-refractivity contribution in [3.63, 3.8) is 0 Å². The van der Waals surface area contributed by atoms with Gasteiger partial charge in [-0.15, -0.1) is 12.4 Å². The average molecular weight is 337 g/mol. The fourth-order valence-corrected chi connectivity index (χ4v) is 4.06. The minimum atomic E-state index is 0. The van der Waals surface area contributed by atoms with Crippen LogP contribution in [0.25, 0.3) is 0 Å². The van der Waals surface area contributed by atoms with E-state index in [1.54, 1.807) is 0 Å². The Morgan fingerprint density at radius 2 is 2.00 bits per heavy atom. The molecule has 1 aliphatic carbocycles. The predicted molar refractivity (Wildman–Crippen MR) is 96.9 cm³/mol. The summed E-state index contributed by atoms with van der Waals surface area (Å²) >= 11 is 0. The largest absolute Gasteiger partial charge is 0.353 e. The van der Waals surface area contributed by atoms with E-state index in [0.717, 1.165) is 32.2 Å². The molecule has 1 aliphatic heterocycles. The summed E-state index contributed by atoms with van der Waals surface area (Å²) in [5.41, 5.74) is 1.39. The topological polar surface area (TPSA) is 41.1 Å². The minimum absolute atomic E-state index is 0. The lowest BCUT2D eigenvalue weighted by molar-refractivity contribution is -0.127. The van der Waals surface area contributed by atoms with Crippen molar-refractivity contribution in [1.29, 1.82) is 0 Å². The third-order valence-corrected chi connectivity index (χ3v) is 5.32. The first kappa shape index (κ1) is 18.3. The number of rotatable bonds is 4. The molecular weight excluding hydrogens is 308 g/mol. The van der Waals surface area contributed by atoms with Gasteiger partial charge in [0.1, 0.15) is 0 Å². The highest BCUT2D eigenvalue weighted by atomic mass is 35.5. The first-order valence-corrected chi connectivity index (χ1v) is 8.80. The van der Waals surface area contributed by atoms with Crippen molar-refractivity contribution in [2.24, 2.45) is 11.8 Å². The summed E-state index contributed by atoms with van der Waals surface area (Å²) in [7, 11) is 0. The molecule has 3 nitrogen and oxygen atoms in total. The normalized spacial score (nSPS) is 30.5. The molecule has 2 N–H and O–H groups in total. The number of hydrogen-bond donors (Lipinski definition) is 2. The Morgan fingerprint density at radius 3 is 2.74 bits per heavy atom. The van der Waals surface area contributed by atoms with Gasteiger partial charge in [-0.3, -0.25) is 4.79 Å². The Kier molecular flexibility index (Phi) is 6.91. The highest BCUT2D eigenvalue weighted by Gasteiger charge is 2.31. The Morgan fingerprint density at radius 1 is 1.22 bits per heavy atom. The van der Waals surface area contributed by atoms with Crippen LogP contribution in [0.15, 0.2) is 30.3 Å². The fourth-order valence-electron chi connectivity index (χ4n) is 4.06. The SMILES string of the molecule is C[C@H]1C[C@@H](C(=O)NC2CCCC2Cc2ccccc2)CCN1.Cl. The van der Waals surface area contributed by atoms with Crippen molar-refractivity contribution in [2.75, 3.05) is 6.54 Å². The van der Waals surface area contributed by atoms with Gasteiger partial charge >= 0.3 is 0 Å². The highest BCUT2D eigenvalue weighted by Crippen LogP contribution is 2.29. The highest BCUT2D eigenvalue weighted by molar-refractivity contribution is 5.85. The van der Waals surface area contributed by atoms with Gasteiger partial charge in [0.05, 0.1) is 0 Å². The van der Waals surface area contributed by atoms with Crippen LogP contribution in [0, 0.1) is 11.8 Å². The molecule has 23 heavy (non-hydrogen) atoms. The van der Waals surface area contributed by atoms with E-state index in [-0.39, 0.29) is 18.3 Å². The molecule has 2 fully saturated rings. The van der Waals surface area contributed by atoms with E-state index in [9.17, 15) is 4.79 Å². The molecule has 2 aliphatic rings. The molecule has 0 radical (unpaired) electrons. The van der Waals surface area contributed by atoms with Crippen LogP contribution < -0.4 is 10.6 Å². The number of benzene rings is 1. The van der Waals surface area contributed by atoms with Gasteiger partial charge in [0.15, 0.2) is 0 Å². The van der Waals surface area contributed by atoms with Gasteiger partial charge in [-0.2, -0.15) is 0 Å². The van der Waals surface area contributed by atoms with Gasteiger partial charge in [0.2, 0.25) is 5.91 Å². The second-order valence-electron chi connectivity index (χ2n) is 7.07. The molecule has 0 aromatic heterocycles. The van der Waals surface area contributed by atoms with E-state index >= 15 is 0 Å². The van der Waals surface area contributed by atoms with Crippen molar-refractivity contribution in [2.45, 2.75) is 57.5 Å². The predicted octanol–water partition coefficient (Wildman–Crippen LogP) is 3.32. The number of piperidine rings is 1. The summed E-state index contributed by atoms with van der Waals surface area (Å²) in [6, 6.07) is 11.5. The Balaban J connectivity index is 0.00000192. The maximum atomic E-state index is 12.6. The molecule has 0 spiro atoms. The zero-order chi connectivity index (χ0) is 15.4. The van der Waals surface area contributed by atoms with Crippen LogP contribution in [0.2, 0.25) is 0 Å². The summed E-state index contributed by atoms with van der Waals surface area (Å²) in [5.74, 6) is 1.10. The van der Waals surface area contributed by atoms with Gasteiger partial charge in [-0.1, -0.05) is 36.8 Å². The summed E-state index contributed by atoms with van der Waals surface area (Å²) in [6.45, 7) is 3.14.